The van der Waals surface area contributed by atoms with E-state index in [1.54, 1.807) is 12.3 Å². The Balaban J connectivity index is 2.31. The molecule has 0 saturated heterocycles. The minimum absolute atomic E-state index is 0.107. The van der Waals surface area contributed by atoms with Crippen LogP contribution >= 0.6 is 0 Å². The molecule has 0 bridgehead atoms. The van der Waals surface area contributed by atoms with E-state index in [2.05, 4.69) is 15.5 Å². The zero-order valence-electron chi connectivity index (χ0n) is 10.2. The highest BCUT2D eigenvalue weighted by molar-refractivity contribution is 6.05. The summed E-state index contributed by atoms with van der Waals surface area (Å²) in [6.45, 7) is 5.92. The number of aromatic nitrogens is 2. The molecule has 0 aliphatic rings. The Hall–Kier alpha value is -2.10. The number of rotatable bonds is 2. The Morgan fingerprint density at radius 3 is 2.41 bits per heavy atom. The molecule has 4 heteroatoms. The minimum Gasteiger partial charge on any atom is -0.307 e. The summed E-state index contributed by atoms with van der Waals surface area (Å²) in [5.74, 6) is 0.499. The Morgan fingerprint density at radius 1 is 1.24 bits per heavy atom. The van der Waals surface area contributed by atoms with Crippen LogP contribution in [0, 0.1) is 20.8 Å². The molecule has 0 saturated carbocycles. The third-order valence-electron chi connectivity index (χ3n) is 2.65. The van der Waals surface area contributed by atoms with Gasteiger partial charge in [-0.05, 0) is 31.9 Å². The summed E-state index contributed by atoms with van der Waals surface area (Å²) in [7, 11) is 0. The number of nitrogens with zero attached hydrogens (tertiary/aromatic N) is 1. The number of aryl methyl sites for hydroxylation is 3. The zero-order chi connectivity index (χ0) is 12.4. The molecule has 2 N–H and O–H groups in total. The molecule has 0 radical (unpaired) electrons. The molecule has 0 atom stereocenters. The number of anilines is 1. The summed E-state index contributed by atoms with van der Waals surface area (Å²) in [6.07, 6.45) is 1.60. The summed E-state index contributed by atoms with van der Waals surface area (Å²) < 4.78 is 0. The SMILES string of the molecule is Cc1cc(C)c(C(=O)Nc2ccn[nH]2)c(C)c1. The Labute approximate surface area is 100 Å². The van der Waals surface area contributed by atoms with Crippen LogP contribution in [-0.2, 0) is 0 Å². The number of hydrogen-bond donors (Lipinski definition) is 2. The Bertz CT molecular complexity index is 521. The van der Waals surface area contributed by atoms with Crippen molar-refractivity contribution in [1.82, 2.24) is 10.2 Å². The van der Waals surface area contributed by atoms with Gasteiger partial charge < -0.3 is 5.32 Å². The molecular weight excluding hydrogens is 214 g/mol. The first-order chi connectivity index (χ1) is 8.08. The van der Waals surface area contributed by atoms with Crippen molar-refractivity contribution in [1.29, 1.82) is 0 Å². The molecule has 0 spiro atoms. The summed E-state index contributed by atoms with van der Waals surface area (Å²) in [6, 6.07) is 5.74. The van der Waals surface area contributed by atoms with Crippen LogP contribution in [0.15, 0.2) is 24.4 Å². The van der Waals surface area contributed by atoms with Gasteiger partial charge in [0.05, 0.1) is 6.20 Å². The maximum absolute atomic E-state index is 12.1. The van der Waals surface area contributed by atoms with Gasteiger partial charge in [-0.2, -0.15) is 5.10 Å². The minimum atomic E-state index is -0.107. The first kappa shape index (κ1) is 11.4. The van der Waals surface area contributed by atoms with Crippen molar-refractivity contribution in [3.63, 3.8) is 0 Å². The third kappa shape index (κ3) is 2.36. The van der Waals surface area contributed by atoms with E-state index in [9.17, 15) is 4.79 Å². The molecule has 17 heavy (non-hydrogen) atoms. The van der Waals surface area contributed by atoms with Crippen LogP contribution in [0.4, 0.5) is 5.82 Å². The number of amides is 1. The fraction of sp³-hybridized carbons (Fsp3) is 0.231. The van der Waals surface area contributed by atoms with E-state index in [0.29, 0.717) is 5.82 Å². The van der Waals surface area contributed by atoms with Gasteiger partial charge in [0.15, 0.2) is 0 Å². The normalized spacial score (nSPS) is 10.3. The van der Waals surface area contributed by atoms with Gasteiger partial charge in [-0.15, -0.1) is 0 Å². The van der Waals surface area contributed by atoms with Crippen molar-refractivity contribution in [2.75, 3.05) is 5.32 Å². The number of hydrogen-bond acceptors (Lipinski definition) is 2. The number of benzene rings is 1. The number of carbonyl (C=O) groups is 1. The third-order valence-corrected chi connectivity index (χ3v) is 2.65. The number of aromatic amines is 1. The first-order valence-corrected chi connectivity index (χ1v) is 5.46. The van der Waals surface area contributed by atoms with Gasteiger partial charge in [-0.25, -0.2) is 0 Å². The second-order valence-electron chi connectivity index (χ2n) is 4.20. The van der Waals surface area contributed by atoms with Crippen molar-refractivity contribution >= 4 is 11.7 Å². The molecule has 1 heterocycles. The van der Waals surface area contributed by atoms with E-state index < -0.39 is 0 Å². The van der Waals surface area contributed by atoms with Crippen molar-refractivity contribution in [3.05, 3.63) is 46.6 Å². The molecule has 0 fully saturated rings. The second kappa shape index (κ2) is 4.41. The number of nitrogens with one attached hydrogen (secondary N) is 2. The number of carbonyl (C=O) groups excluding carboxylic acids is 1. The Kier molecular flexibility index (Phi) is 2.95. The fourth-order valence-corrected chi connectivity index (χ4v) is 2.05. The summed E-state index contributed by atoms with van der Waals surface area (Å²) in [5.41, 5.74) is 3.86. The highest BCUT2D eigenvalue weighted by atomic mass is 16.1. The van der Waals surface area contributed by atoms with Gasteiger partial charge in [0, 0.05) is 11.6 Å². The molecule has 2 aromatic rings. The molecule has 1 aromatic carbocycles. The monoisotopic (exact) mass is 229 g/mol. The van der Waals surface area contributed by atoms with Gasteiger partial charge in [0.1, 0.15) is 5.82 Å². The van der Waals surface area contributed by atoms with Crippen molar-refractivity contribution in [2.45, 2.75) is 20.8 Å². The van der Waals surface area contributed by atoms with Gasteiger partial charge in [-0.1, -0.05) is 17.7 Å². The summed E-state index contributed by atoms with van der Waals surface area (Å²) in [4.78, 5) is 12.1. The molecular formula is C13H15N3O. The molecule has 0 aliphatic heterocycles. The predicted molar refractivity (Wildman–Crippen MR) is 67.2 cm³/mol. The van der Waals surface area contributed by atoms with E-state index in [-0.39, 0.29) is 5.91 Å². The fourth-order valence-electron chi connectivity index (χ4n) is 2.05. The van der Waals surface area contributed by atoms with E-state index in [4.69, 9.17) is 0 Å². The summed E-state index contributed by atoms with van der Waals surface area (Å²) >= 11 is 0. The van der Waals surface area contributed by atoms with E-state index in [1.807, 2.05) is 32.9 Å². The average Bonchev–Trinajstić information content (AvgIpc) is 2.68. The number of H-pyrrole nitrogens is 1. The largest absolute Gasteiger partial charge is 0.307 e. The highest BCUT2D eigenvalue weighted by Gasteiger charge is 2.13. The van der Waals surface area contributed by atoms with Gasteiger partial charge in [-0.3, -0.25) is 9.89 Å². The molecule has 1 amide bonds. The average molecular weight is 229 g/mol. The summed E-state index contributed by atoms with van der Waals surface area (Å²) in [5, 5.41) is 9.28. The van der Waals surface area contributed by atoms with Crippen molar-refractivity contribution in [2.24, 2.45) is 0 Å². The quantitative estimate of drug-likeness (QED) is 0.831. The van der Waals surface area contributed by atoms with Gasteiger partial charge in [0.2, 0.25) is 0 Å². The van der Waals surface area contributed by atoms with Crippen LogP contribution in [0.5, 0.6) is 0 Å². The van der Waals surface area contributed by atoms with E-state index in [1.165, 1.54) is 0 Å². The van der Waals surface area contributed by atoms with Crippen LogP contribution in [-0.4, -0.2) is 16.1 Å². The lowest BCUT2D eigenvalue weighted by Gasteiger charge is -2.10. The second-order valence-corrected chi connectivity index (χ2v) is 4.20. The maximum atomic E-state index is 12.1. The van der Waals surface area contributed by atoms with E-state index in [0.717, 1.165) is 22.3 Å². The molecule has 0 aliphatic carbocycles. The lowest BCUT2D eigenvalue weighted by molar-refractivity contribution is 0.102. The van der Waals surface area contributed by atoms with Crippen molar-refractivity contribution in [3.8, 4) is 0 Å². The zero-order valence-corrected chi connectivity index (χ0v) is 10.2. The van der Waals surface area contributed by atoms with Crippen LogP contribution < -0.4 is 5.32 Å². The van der Waals surface area contributed by atoms with Crippen molar-refractivity contribution < 1.29 is 4.79 Å². The molecule has 1 aromatic heterocycles. The van der Waals surface area contributed by atoms with Gasteiger partial charge in [0.25, 0.3) is 5.91 Å². The molecule has 0 unspecified atom stereocenters. The molecule has 4 nitrogen and oxygen atoms in total. The molecule has 2 rings (SSSR count). The first-order valence-electron chi connectivity index (χ1n) is 5.46. The van der Waals surface area contributed by atoms with Gasteiger partial charge >= 0.3 is 0 Å². The predicted octanol–water partition coefficient (Wildman–Crippen LogP) is 2.59. The maximum Gasteiger partial charge on any atom is 0.257 e. The molecule has 88 valence electrons. The topological polar surface area (TPSA) is 57.8 Å². The smallest absolute Gasteiger partial charge is 0.257 e. The van der Waals surface area contributed by atoms with E-state index >= 15 is 0 Å². The lowest BCUT2D eigenvalue weighted by atomic mass is 9.99. The Morgan fingerprint density at radius 2 is 1.88 bits per heavy atom. The van der Waals surface area contributed by atoms with Crippen LogP contribution in [0.2, 0.25) is 0 Å². The van der Waals surface area contributed by atoms with Crippen LogP contribution in [0.25, 0.3) is 0 Å². The van der Waals surface area contributed by atoms with Crippen LogP contribution in [0.3, 0.4) is 0 Å². The highest BCUT2D eigenvalue weighted by Crippen LogP contribution is 2.17. The lowest BCUT2D eigenvalue weighted by Crippen LogP contribution is -2.15. The van der Waals surface area contributed by atoms with Crippen LogP contribution in [0.1, 0.15) is 27.0 Å². The standard InChI is InChI=1S/C13H15N3O/c1-8-6-9(2)12(10(3)7-8)13(17)15-11-4-5-14-16-11/h4-7H,1-3H3,(H2,14,15,16,17).